The largest absolute Gasteiger partial charge is 0.458 e. The zero-order valence-corrected chi connectivity index (χ0v) is 22.0. The van der Waals surface area contributed by atoms with Gasteiger partial charge >= 0.3 is 12.0 Å². The van der Waals surface area contributed by atoms with Crippen molar-refractivity contribution < 1.29 is 24.2 Å². The van der Waals surface area contributed by atoms with Gasteiger partial charge < -0.3 is 25.4 Å². The number of halogens is 1. The lowest BCUT2D eigenvalue weighted by atomic mass is 9.66. The molecule has 1 saturated heterocycles. The van der Waals surface area contributed by atoms with E-state index in [9.17, 15) is 19.5 Å². The highest BCUT2D eigenvalue weighted by molar-refractivity contribution is 6.30. The van der Waals surface area contributed by atoms with Crippen molar-refractivity contribution in [3.8, 4) is 0 Å². The standard InChI is InChI=1S/C25H38ClN3O5/c1-16(2)20(28-22(32)27-14-24(6,7)34-17(3)30)21(31)29-13-12-25(33,23(4,5)15-29)18-8-10-19(26)11-9-18/h8-11,16,20,33H,12-15H2,1-7H3,(H2,27,28,32)/t20-,25+/m1/s1. The second-order valence-corrected chi connectivity index (χ2v) is 11.1. The minimum atomic E-state index is -1.12. The van der Waals surface area contributed by atoms with E-state index in [2.05, 4.69) is 10.6 Å². The summed E-state index contributed by atoms with van der Waals surface area (Å²) < 4.78 is 5.18. The maximum atomic E-state index is 13.4. The van der Waals surface area contributed by atoms with Gasteiger partial charge in [0.1, 0.15) is 11.6 Å². The zero-order valence-electron chi connectivity index (χ0n) is 21.2. The zero-order chi connectivity index (χ0) is 25.9. The van der Waals surface area contributed by atoms with Crippen LogP contribution in [-0.4, -0.2) is 59.2 Å². The van der Waals surface area contributed by atoms with E-state index in [1.54, 1.807) is 30.9 Å². The number of ether oxygens (including phenoxy) is 1. The smallest absolute Gasteiger partial charge is 0.315 e. The number of aliphatic hydroxyl groups is 1. The van der Waals surface area contributed by atoms with Gasteiger partial charge in [-0.3, -0.25) is 9.59 Å². The van der Waals surface area contributed by atoms with Crippen LogP contribution in [0.1, 0.15) is 60.5 Å². The Hall–Kier alpha value is -2.32. The fourth-order valence-corrected chi connectivity index (χ4v) is 4.52. The fourth-order valence-electron chi connectivity index (χ4n) is 4.39. The van der Waals surface area contributed by atoms with Gasteiger partial charge in [0.2, 0.25) is 5.91 Å². The molecule has 190 valence electrons. The van der Waals surface area contributed by atoms with Gasteiger partial charge in [0.05, 0.1) is 12.1 Å². The molecule has 2 atom stereocenters. The molecule has 1 fully saturated rings. The third-order valence-electron chi connectivity index (χ3n) is 6.40. The Kier molecular flexibility index (Phi) is 8.64. The summed E-state index contributed by atoms with van der Waals surface area (Å²) in [5.41, 5.74) is -1.85. The van der Waals surface area contributed by atoms with Crippen molar-refractivity contribution >= 4 is 29.5 Å². The van der Waals surface area contributed by atoms with Crippen molar-refractivity contribution in [1.29, 1.82) is 0 Å². The molecule has 3 amide bonds. The number of hydrogen-bond donors (Lipinski definition) is 3. The van der Waals surface area contributed by atoms with Crippen LogP contribution in [0.15, 0.2) is 24.3 Å². The molecule has 9 heteroatoms. The Morgan fingerprint density at radius 3 is 2.29 bits per heavy atom. The van der Waals surface area contributed by atoms with Gasteiger partial charge in [-0.05, 0) is 43.9 Å². The SMILES string of the molecule is CC(=O)OC(C)(C)CNC(=O)N[C@@H](C(=O)N1CC[C@](O)(c2ccc(Cl)cc2)C(C)(C)C1)C(C)C. The molecule has 0 aromatic heterocycles. The number of piperidine rings is 1. The number of benzene rings is 1. The van der Waals surface area contributed by atoms with E-state index < -0.39 is 34.7 Å². The van der Waals surface area contributed by atoms with E-state index in [1.165, 1.54) is 6.92 Å². The Balaban J connectivity index is 2.08. The summed E-state index contributed by atoms with van der Waals surface area (Å²) in [7, 11) is 0. The van der Waals surface area contributed by atoms with Crippen LogP contribution in [0.4, 0.5) is 4.79 Å². The predicted molar refractivity (Wildman–Crippen MR) is 131 cm³/mol. The Labute approximate surface area is 207 Å². The van der Waals surface area contributed by atoms with Crippen LogP contribution in [0.25, 0.3) is 0 Å². The van der Waals surface area contributed by atoms with E-state index >= 15 is 0 Å². The van der Waals surface area contributed by atoms with E-state index in [1.807, 2.05) is 39.8 Å². The quantitative estimate of drug-likeness (QED) is 0.502. The molecule has 2 rings (SSSR count). The van der Waals surface area contributed by atoms with Crippen molar-refractivity contribution in [1.82, 2.24) is 15.5 Å². The number of nitrogens with zero attached hydrogens (tertiary/aromatic N) is 1. The van der Waals surface area contributed by atoms with Crippen LogP contribution in [0.2, 0.25) is 5.02 Å². The Morgan fingerprint density at radius 2 is 1.79 bits per heavy atom. The third-order valence-corrected chi connectivity index (χ3v) is 6.65. The highest BCUT2D eigenvalue weighted by atomic mass is 35.5. The second kappa shape index (κ2) is 10.5. The first-order valence-electron chi connectivity index (χ1n) is 11.6. The average Bonchev–Trinajstić information content (AvgIpc) is 2.71. The normalized spacial score (nSPS) is 21.1. The second-order valence-electron chi connectivity index (χ2n) is 10.7. The molecule has 1 aliphatic heterocycles. The van der Waals surface area contributed by atoms with Gasteiger partial charge in [0.25, 0.3) is 0 Å². The molecule has 0 radical (unpaired) electrons. The molecule has 1 aliphatic rings. The van der Waals surface area contributed by atoms with Crippen molar-refractivity contribution in [2.24, 2.45) is 11.3 Å². The molecule has 34 heavy (non-hydrogen) atoms. The minimum Gasteiger partial charge on any atom is -0.458 e. The maximum Gasteiger partial charge on any atom is 0.315 e. The van der Waals surface area contributed by atoms with Gasteiger partial charge in [-0.25, -0.2) is 4.79 Å². The summed E-state index contributed by atoms with van der Waals surface area (Å²) in [6.45, 7) is 13.1. The van der Waals surface area contributed by atoms with E-state index in [4.69, 9.17) is 16.3 Å². The van der Waals surface area contributed by atoms with Crippen LogP contribution in [0.3, 0.4) is 0 Å². The maximum absolute atomic E-state index is 13.4. The van der Waals surface area contributed by atoms with E-state index in [0.717, 1.165) is 5.56 Å². The van der Waals surface area contributed by atoms with Gasteiger partial charge in [-0.1, -0.05) is 51.4 Å². The van der Waals surface area contributed by atoms with Crippen LogP contribution >= 0.6 is 11.6 Å². The minimum absolute atomic E-state index is 0.0995. The topological polar surface area (TPSA) is 108 Å². The number of likely N-dealkylation sites (tertiary alicyclic amines) is 1. The molecule has 1 aromatic carbocycles. The first-order valence-corrected chi connectivity index (χ1v) is 12.0. The van der Waals surface area contributed by atoms with Crippen LogP contribution in [0, 0.1) is 11.3 Å². The summed E-state index contributed by atoms with van der Waals surface area (Å²) in [6.07, 6.45) is 0.362. The van der Waals surface area contributed by atoms with Crippen molar-refractivity contribution in [3.05, 3.63) is 34.9 Å². The molecule has 0 bridgehead atoms. The van der Waals surface area contributed by atoms with Gasteiger partial charge in [0.15, 0.2) is 0 Å². The predicted octanol–water partition coefficient (Wildman–Crippen LogP) is 3.45. The van der Waals surface area contributed by atoms with Gasteiger partial charge in [0, 0.05) is 30.5 Å². The summed E-state index contributed by atoms with van der Waals surface area (Å²) >= 11 is 6.01. The molecule has 0 spiro atoms. The molecular weight excluding hydrogens is 458 g/mol. The number of amides is 3. The number of esters is 1. The summed E-state index contributed by atoms with van der Waals surface area (Å²) in [5.74, 6) is -0.788. The fraction of sp³-hybridized carbons (Fsp3) is 0.640. The molecule has 3 N–H and O–H groups in total. The number of rotatable bonds is 7. The molecule has 0 aliphatic carbocycles. The van der Waals surface area contributed by atoms with E-state index in [-0.39, 0.29) is 18.4 Å². The summed E-state index contributed by atoms with van der Waals surface area (Å²) in [4.78, 5) is 38.9. The average molecular weight is 496 g/mol. The van der Waals surface area contributed by atoms with Crippen molar-refractivity contribution in [2.45, 2.75) is 72.1 Å². The number of urea groups is 1. The van der Waals surface area contributed by atoms with E-state index in [0.29, 0.717) is 24.5 Å². The first-order chi connectivity index (χ1) is 15.6. The van der Waals surface area contributed by atoms with Crippen LogP contribution < -0.4 is 10.6 Å². The van der Waals surface area contributed by atoms with Crippen LogP contribution in [-0.2, 0) is 19.9 Å². The van der Waals surface area contributed by atoms with Crippen molar-refractivity contribution in [2.75, 3.05) is 19.6 Å². The number of carbonyl (C=O) groups is 3. The molecule has 0 saturated carbocycles. The third kappa shape index (κ3) is 6.63. The number of nitrogens with one attached hydrogen (secondary N) is 2. The molecule has 1 aromatic rings. The summed E-state index contributed by atoms with van der Waals surface area (Å²) in [6, 6.07) is 5.89. The summed E-state index contributed by atoms with van der Waals surface area (Å²) in [5, 5.41) is 17.6. The molecular formula is C25H38ClN3O5. The highest BCUT2D eigenvalue weighted by Gasteiger charge is 2.50. The van der Waals surface area contributed by atoms with Crippen LogP contribution in [0.5, 0.6) is 0 Å². The first kappa shape index (κ1) is 27.9. The Bertz CT molecular complexity index is 900. The van der Waals surface area contributed by atoms with Crippen molar-refractivity contribution in [3.63, 3.8) is 0 Å². The highest BCUT2D eigenvalue weighted by Crippen LogP contribution is 2.46. The van der Waals surface area contributed by atoms with Gasteiger partial charge in [-0.15, -0.1) is 0 Å². The van der Waals surface area contributed by atoms with Gasteiger partial charge in [-0.2, -0.15) is 0 Å². The molecule has 1 heterocycles. The number of hydrogen-bond acceptors (Lipinski definition) is 5. The lowest BCUT2D eigenvalue weighted by Gasteiger charge is -2.51. The number of carbonyl (C=O) groups excluding carboxylic acids is 3. The Morgan fingerprint density at radius 1 is 1.21 bits per heavy atom. The lowest BCUT2D eigenvalue weighted by molar-refractivity contribution is -0.155. The molecule has 8 nitrogen and oxygen atoms in total. The monoisotopic (exact) mass is 495 g/mol. The lowest BCUT2D eigenvalue weighted by Crippen LogP contribution is -2.61. The molecule has 0 unspecified atom stereocenters.